The Morgan fingerprint density at radius 1 is 1.16 bits per heavy atom. The molecule has 32 heavy (non-hydrogen) atoms. The quantitative estimate of drug-likeness (QED) is 0.552. The Morgan fingerprint density at radius 2 is 1.91 bits per heavy atom. The molecule has 0 radical (unpaired) electrons. The van der Waals surface area contributed by atoms with Gasteiger partial charge in [0.25, 0.3) is 5.91 Å². The third kappa shape index (κ3) is 5.35. The average Bonchev–Trinajstić information content (AvgIpc) is 3.18. The first-order chi connectivity index (χ1) is 15.4. The number of hydrogen-bond acceptors (Lipinski definition) is 7. The number of amidine groups is 1. The van der Waals surface area contributed by atoms with Crippen LogP contribution < -0.4 is 16.0 Å². The number of hydrogen-bond donors (Lipinski definition) is 4. The molecule has 2 heterocycles. The summed E-state index contributed by atoms with van der Waals surface area (Å²) in [5.41, 5.74) is 1.88. The number of nitrogens with zero attached hydrogens (tertiary/aromatic N) is 3. The van der Waals surface area contributed by atoms with Crippen LogP contribution in [0.3, 0.4) is 0 Å². The van der Waals surface area contributed by atoms with Crippen LogP contribution in [0, 0.1) is 12.8 Å². The van der Waals surface area contributed by atoms with Crippen molar-refractivity contribution in [3.05, 3.63) is 29.6 Å². The van der Waals surface area contributed by atoms with Crippen molar-refractivity contribution in [2.45, 2.75) is 71.1 Å². The molecule has 1 aromatic carbocycles. The van der Waals surface area contributed by atoms with Gasteiger partial charge in [-0.3, -0.25) is 9.79 Å². The van der Waals surface area contributed by atoms with Crippen LogP contribution in [-0.4, -0.2) is 58.1 Å². The molecule has 2 aromatic rings. The Balaban J connectivity index is 1.60. The van der Waals surface area contributed by atoms with E-state index in [1.165, 1.54) is 0 Å². The SMILES string of the molecule is Cc1ccc2nc(C(=O)NCC(C)C)nc(N[C@H]3CCCC[C@H]3NC3=NC[C@H](O)C3)c2c1. The van der Waals surface area contributed by atoms with Gasteiger partial charge in [0.1, 0.15) is 5.82 Å². The molecule has 1 aliphatic carbocycles. The summed E-state index contributed by atoms with van der Waals surface area (Å²) in [6.45, 7) is 7.21. The molecule has 1 saturated carbocycles. The number of anilines is 1. The first-order valence-corrected chi connectivity index (χ1v) is 11.7. The van der Waals surface area contributed by atoms with Gasteiger partial charge in [-0.1, -0.05) is 38.3 Å². The van der Waals surface area contributed by atoms with Crippen molar-refractivity contribution in [1.82, 2.24) is 20.6 Å². The van der Waals surface area contributed by atoms with E-state index in [-0.39, 0.29) is 29.9 Å². The zero-order valence-electron chi connectivity index (χ0n) is 19.2. The number of rotatable bonds is 6. The fraction of sp³-hybridized carbons (Fsp3) is 0.583. The lowest BCUT2D eigenvalue weighted by Gasteiger charge is -2.34. The van der Waals surface area contributed by atoms with Gasteiger partial charge in [-0.25, -0.2) is 9.97 Å². The number of fused-ring (bicyclic) bond motifs is 1. The monoisotopic (exact) mass is 438 g/mol. The number of benzene rings is 1. The zero-order chi connectivity index (χ0) is 22.7. The first kappa shape index (κ1) is 22.5. The largest absolute Gasteiger partial charge is 0.391 e. The molecule has 0 spiro atoms. The molecule has 4 rings (SSSR count). The smallest absolute Gasteiger partial charge is 0.289 e. The Kier molecular flexibility index (Phi) is 6.89. The number of aryl methyl sites for hydroxylation is 1. The van der Waals surface area contributed by atoms with E-state index in [4.69, 9.17) is 0 Å². The highest BCUT2D eigenvalue weighted by Gasteiger charge is 2.29. The summed E-state index contributed by atoms with van der Waals surface area (Å²) in [6, 6.07) is 6.36. The van der Waals surface area contributed by atoms with Crippen LogP contribution in [0.4, 0.5) is 5.82 Å². The van der Waals surface area contributed by atoms with Crippen molar-refractivity contribution in [2.75, 3.05) is 18.4 Å². The highest BCUT2D eigenvalue weighted by molar-refractivity contribution is 5.96. The van der Waals surface area contributed by atoms with Crippen molar-refractivity contribution in [2.24, 2.45) is 10.9 Å². The number of nitrogens with one attached hydrogen (secondary N) is 3. The molecule has 0 unspecified atom stereocenters. The van der Waals surface area contributed by atoms with E-state index in [0.29, 0.717) is 31.2 Å². The summed E-state index contributed by atoms with van der Waals surface area (Å²) in [4.78, 5) is 26.3. The first-order valence-electron chi connectivity index (χ1n) is 11.7. The minimum atomic E-state index is -0.381. The lowest BCUT2D eigenvalue weighted by Crippen LogP contribution is -2.48. The van der Waals surface area contributed by atoms with Crippen LogP contribution in [0.5, 0.6) is 0 Å². The predicted octanol–water partition coefficient (Wildman–Crippen LogP) is 2.80. The van der Waals surface area contributed by atoms with E-state index in [0.717, 1.165) is 48.0 Å². The third-order valence-electron chi connectivity index (χ3n) is 6.09. The maximum Gasteiger partial charge on any atom is 0.289 e. The summed E-state index contributed by atoms with van der Waals surface area (Å²) in [7, 11) is 0. The summed E-state index contributed by atoms with van der Waals surface area (Å²) in [6.07, 6.45) is 4.51. The number of aliphatic hydroxyl groups excluding tert-OH is 1. The van der Waals surface area contributed by atoms with Gasteiger partial charge in [0, 0.05) is 30.4 Å². The van der Waals surface area contributed by atoms with Crippen LogP contribution in [0.2, 0.25) is 0 Å². The van der Waals surface area contributed by atoms with E-state index >= 15 is 0 Å². The fourth-order valence-electron chi connectivity index (χ4n) is 4.37. The zero-order valence-corrected chi connectivity index (χ0v) is 19.2. The van der Waals surface area contributed by atoms with Crippen LogP contribution in [0.25, 0.3) is 10.9 Å². The van der Waals surface area contributed by atoms with Crippen molar-refractivity contribution in [3.8, 4) is 0 Å². The van der Waals surface area contributed by atoms with Gasteiger partial charge in [0.05, 0.1) is 24.0 Å². The maximum atomic E-state index is 12.7. The van der Waals surface area contributed by atoms with Crippen LogP contribution >= 0.6 is 0 Å². The molecule has 8 nitrogen and oxygen atoms in total. The summed E-state index contributed by atoms with van der Waals surface area (Å²) < 4.78 is 0. The van der Waals surface area contributed by atoms with E-state index < -0.39 is 0 Å². The number of amides is 1. The normalized spacial score (nSPS) is 23.3. The predicted molar refractivity (Wildman–Crippen MR) is 127 cm³/mol. The molecule has 8 heteroatoms. The standard InChI is InChI=1S/C24H34N6O2/c1-14(2)12-26-24(32)23-28-18-9-8-15(3)10-17(18)22(30-23)29-20-7-5-4-6-19(20)27-21-11-16(31)13-25-21/h8-10,14,16,19-20,31H,4-7,11-13H2,1-3H3,(H,25,27)(H,26,32)(H,28,29,30)/t16-,19-,20+/m1/s1. The minimum Gasteiger partial charge on any atom is -0.391 e. The van der Waals surface area contributed by atoms with E-state index in [2.05, 4.69) is 50.8 Å². The molecule has 0 saturated heterocycles. The number of aliphatic imine (C=N–C) groups is 1. The van der Waals surface area contributed by atoms with E-state index in [1.54, 1.807) is 0 Å². The van der Waals surface area contributed by atoms with Crippen LogP contribution in [-0.2, 0) is 0 Å². The van der Waals surface area contributed by atoms with Gasteiger partial charge in [-0.15, -0.1) is 0 Å². The molecule has 2 aliphatic rings. The second-order valence-corrected chi connectivity index (χ2v) is 9.45. The Labute approximate surface area is 189 Å². The Morgan fingerprint density at radius 3 is 2.59 bits per heavy atom. The number of aliphatic hydroxyl groups is 1. The number of aromatic nitrogens is 2. The molecular formula is C24H34N6O2. The molecule has 1 aliphatic heterocycles. The second kappa shape index (κ2) is 9.81. The van der Waals surface area contributed by atoms with Gasteiger partial charge < -0.3 is 21.1 Å². The molecule has 1 amide bonds. The fourth-order valence-corrected chi connectivity index (χ4v) is 4.37. The minimum absolute atomic E-state index is 0.148. The molecule has 172 valence electrons. The van der Waals surface area contributed by atoms with Crippen molar-refractivity contribution in [1.29, 1.82) is 0 Å². The highest BCUT2D eigenvalue weighted by atomic mass is 16.3. The molecule has 1 fully saturated rings. The lowest BCUT2D eigenvalue weighted by atomic mass is 9.90. The van der Waals surface area contributed by atoms with E-state index in [1.807, 2.05) is 19.1 Å². The summed E-state index contributed by atoms with van der Waals surface area (Å²) in [5.74, 6) is 1.87. The maximum absolute atomic E-state index is 12.7. The second-order valence-electron chi connectivity index (χ2n) is 9.45. The molecule has 4 N–H and O–H groups in total. The number of carbonyl (C=O) groups is 1. The van der Waals surface area contributed by atoms with E-state index in [9.17, 15) is 9.90 Å². The molecule has 1 aromatic heterocycles. The van der Waals surface area contributed by atoms with Crippen molar-refractivity contribution < 1.29 is 9.90 Å². The third-order valence-corrected chi connectivity index (χ3v) is 6.09. The van der Waals surface area contributed by atoms with Gasteiger partial charge in [-0.2, -0.15) is 0 Å². The Bertz CT molecular complexity index is 1010. The summed E-state index contributed by atoms with van der Waals surface area (Å²) >= 11 is 0. The number of carbonyl (C=O) groups excluding carboxylic acids is 1. The Hall–Kier alpha value is -2.74. The van der Waals surface area contributed by atoms with Gasteiger partial charge >= 0.3 is 0 Å². The van der Waals surface area contributed by atoms with Gasteiger partial charge in [0.2, 0.25) is 5.82 Å². The topological polar surface area (TPSA) is 112 Å². The highest BCUT2D eigenvalue weighted by Crippen LogP contribution is 2.27. The molecule has 0 bridgehead atoms. The van der Waals surface area contributed by atoms with Gasteiger partial charge in [0.15, 0.2) is 0 Å². The van der Waals surface area contributed by atoms with Crippen LogP contribution in [0.15, 0.2) is 23.2 Å². The van der Waals surface area contributed by atoms with Crippen molar-refractivity contribution in [3.63, 3.8) is 0 Å². The summed E-state index contributed by atoms with van der Waals surface area (Å²) in [5, 5.41) is 20.8. The van der Waals surface area contributed by atoms with Crippen LogP contribution in [0.1, 0.15) is 62.1 Å². The molecular weight excluding hydrogens is 404 g/mol. The molecule has 3 atom stereocenters. The lowest BCUT2D eigenvalue weighted by molar-refractivity contribution is 0.0939. The van der Waals surface area contributed by atoms with Gasteiger partial charge in [-0.05, 0) is 37.8 Å². The average molecular weight is 439 g/mol. The van der Waals surface area contributed by atoms with Crippen molar-refractivity contribution >= 4 is 28.5 Å².